The number of rotatable bonds is 5. The van der Waals surface area contributed by atoms with Crippen molar-refractivity contribution in [3.63, 3.8) is 0 Å². The van der Waals surface area contributed by atoms with Gasteiger partial charge < -0.3 is 19.8 Å². The molecule has 15 heavy (non-hydrogen) atoms. The third-order valence-corrected chi connectivity index (χ3v) is 2.58. The van der Waals surface area contributed by atoms with Gasteiger partial charge in [0.2, 0.25) is 0 Å². The molecule has 1 unspecified atom stereocenters. The van der Waals surface area contributed by atoms with E-state index in [2.05, 4.69) is 10.6 Å². The fraction of sp³-hybridized carbons (Fsp3) is 0.636. The maximum Gasteiger partial charge on any atom is 0.0947 e. The molecular formula is C11H18N2O2. The molecule has 2 rings (SSSR count). The summed E-state index contributed by atoms with van der Waals surface area (Å²) in [5.74, 6) is 0. The molecule has 4 heteroatoms. The van der Waals surface area contributed by atoms with Gasteiger partial charge in [0.1, 0.15) is 0 Å². The van der Waals surface area contributed by atoms with Gasteiger partial charge >= 0.3 is 0 Å². The molecular weight excluding hydrogens is 192 g/mol. The highest BCUT2D eigenvalue weighted by molar-refractivity contribution is 5.04. The first-order chi connectivity index (χ1) is 7.45. The summed E-state index contributed by atoms with van der Waals surface area (Å²) >= 11 is 0. The van der Waals surface area contributed by atoms with E-state index in [0.29, 0.717) is 6.04 Å². The van der Waals surface area contributed by atoms with Crippen molar-refractivity contribution in [2.24, 2.45) is 0 Å². The van der Waals surface area contributed by atoms with E-state index in [-0.39, 0.29) is 0 Å². The van der Waals surface area contributed by atoms with Gasteiger partial charge in [0.15, 0.2) is 0 Å². The van der Waals surface area contributed by atoms with Crippen LogP contribution < -0.4 is 10.6 Å². The number of hydrogen-bond donors (Lipinski definition) is 2. The molecule has 0 aliphatic carbocycles. The highest BCUT2D eigenvalue weighted by Gasteiger charge is 2.11. The quantitative estimate of drug-likeness (QED) is 0.704. The van der Waals surface area contributed by atoms with Crippen LogP contribution in [0.3, 0.4) is 0 Å². The SMILES string of the molecule is c1cc(CNCCC2COCCN2)co1. The van der Waals surface area contributed by atoms with Crippen LogP contribution in [0.1, 0.15) is 12.0 Å². The fourth-order valence-electron chi connectivity index (χ4n) is 1.71. The molecule has 1 fully saturated rings. The highest BCUT2D eigenvalue weighted by Crippen LogP contribution is 2.00. The second-order valence-corrected chi connectivity index (χ2v) is 3.82. The lowest BCUT2D eigenvalue weighted by molar-refractivity contribution is 0.0742. The largest absolute Gasteiger partial charge is 0.472 e. The molecule has 0 amide bonds. The van der Waals surface area contributed by atoms with Crippen molar-refractivity contribution in [3.8, 4) is 0 Å². The van der Waals surface area contributed by atoms with Crippen LogP contribution >= 0.6 is 0 Å². The van der Waals surface area contributed by atoms with Gasteiger partial charge in [0.25, 0.3) is 0 Å². The normalized spacial score (nSPS) is 21.7. The molecule has 1 saturated heterocycles. The van der Waals surface area contributed by atoms with E-state index in [1.165, 1.54) is 5.56 Å². The Balaban J connectivity index is 1.54. The van der Waals surface area contributed by atoms with Gasteiger partial charge in [-0.1, -0.05) is 0 Å². The topological polar surface area (TPSA) is 46.4 Å². The van der Waals surface area contributed by atoms with E-state index < -0.39 is 0 Å². The third kappa shape index (κ3) is 3.66. The lowest BCUT2D eigenvalue weighted by atomic mass is 10.2. The van der Waals surface area contributed by atoms with Gasteiger partial charge in [0, 0.05) is 24.7 Å². The van der Waals surface area contributed by atoms with Gasteiger partial charge in [-0.2, -0.15) is 0 Å². The van der Waals surface area contributed by atoms with E-state index in [4.69, 9.17) is 9.15 Å². The van der Waals surface area contributed by atoms with E-state index >= 15 is 0 Å². The predicted octanol–water partition coefficient (Wildman–Crippen LogP) is 0.748. The van der Waals surface area contributed by atoms with E-state index in [0.717, 1.165) is 39.3 Å². The number of morpholine rings is 1. The monoisotopic (exact) mass is 210 g/mol. The Kier molecular flexibility index (Phi) is 4.20. The minimum Gasteiger partial charge on any atom is -0.472 e. The zero-order valence-electron chi connectivity index (χ0n) is 8.87. The molecule has 0 saturated carbocycles. The molecule has 0 aromatic carbocycles. The molecule has 1 aromatic rings. The smallest absolute Gasteiger partial charge is 0.0947 e. The van der Waals surface area contributed by atoms with E-state index in [1.807, 2.05) is 6.07 Å². The molecule has 0 spiro atoms. The molecule has 2 heterocycles. The Morgan fingerprint density at radius 1 is 1.53 bits per heavy atom. The second kappa shape index (κ2) is 5.90. The maximum absolute atomic E-state index is 5.38. The summed E-state index contributed by atoms with van der Waals surface area (Å²) in [5, 5.41) is 6.81. The summed E-state index contributed by atoms with van der Waals surface area (Å²) in [6, 6.07) is 2.49. The average Bonchev–Trinajstić information content (AvgIpc) is 2.79. The molecule has 84 valence electrons. The predicted molar refractivity (Wildman–Crippen MR) is 57.6 cm³/mol. The Bertz CT molecular complexity index is 256. The van der Waals surface area contributed by atoms with Gasteiger partial charge in [-0.3, -0.25) is 0 Å². The summed E-state index contributed by atoms with van der Waals surface area (Å²) in [4.78, 5) is 0. The van der Waals surface area contributed by atoms with Crippen molar-refractivity contribution in [2.45, 2.75) is 19.0 Å². The maximum atomic E-state index is 5.38. The fourth-order valence-corrected chi connectivity index (χ4v) is 1.71. The van der Waals surface area contributed by atoms with Gasteiger partial charge in [-0.25, -0.2) is 0 Å². The third-order valence-electron chi connectivity index (χ3n) is 2.58. The minimum atomic E-state index is 0.510. The molecule has 1 aliphatic rings. The Morgan fingerprint density at radius 2 is 2.53 bits per heavy atom. The first-order valence-corrected chi connectivity index (χ1v) is 5.48. The van der Waals surface area contributed by atoms with Crippen LogP contribution in [-0.4, -0.2) is 32.3 Å². The van der Waals surface area contributed by atoms with Crippen molar-refractivity contribution in [3.05, 3.63) is 24.2 Å². The van der Waals surface area contributed by atoms with E-state index in [9.17, 15) is 0 Å². The lowest BCUT2D eigenvalue weighted by Gasteiger charge is -2.23. The van der Waals surface area contributed by atoms with Crippen molar-refractivity contribution < 1.29 is 9.15 Å². The average molecular weight is 210 g/mol. The zero-order valence-corrected chi connectivity index (χ0v) is 8.87. The zero-order chi connectivity index (χ0) is 10.3. The lowest BCUT2D eigenvalue weighted by Crippen LogP contribution is -2.42. The number of nitrogens with one attached hydrogen (secondary N) is 2. The second-order valence-electron chi connectivity index (χ2n) is 3.82. The van der Waals surface area contributed by atoms with Crippen LogP contribution in [0, 0.1) is 0 Å². The number of furan rings is 1. The first-order valence-electron chi connectivity index (χ1n) is 5.48. The van der Waals surface area contributed by atoms with Crippen LogP contribution in [0.5, 0.6) is 0 Å². The molecule has 0 radical (unpaired) electrons. The summed E-state index contributed by atoms with van der Waals surface area (Å²) in [6.07, 6.45) is 4.58. The molecule has 4 nitrogen and oxygen atoms in total. The first kappa shape index (κ1) is 10.7. The van der Waals surface area contributed by atoms with Gasteiger partial charge in [0.05, 0.1) is 25.7 Å². The van der Waals surface area contributed by atoms with Crippen molar-refractivity contribution in [2.75, 3.05) is 26.3 Å². The summed E-state index contributed by atoms with van der Waals surface area (Å²) in [7, 11) is 0. The van der Waals surface area contributed by atoms with Gasteiger partial charge in [-0.15, -0.1) is 0 Å². The van der Waals surface area contributed by atoms with Crippen molar-refractivity contribution in [1.29, 1.82) is 0 Å². The molecule has 2 N–H and O–H groups in total. The Labute approximate surface area is 90.0 Å². The molecule has 1 atom stereocenters. The van der Waals surface area contributed by atoms with Crippen LogP contribution in [0.2, 0.25) is 0 Å². The van der Waals surface area contributed by atoms with Gasteiger partial charge in [-0.05, 0) is 19.0 Å². The number of hydrogen-bond acceptors (Lipinski definition) is 4. The van der Waals surface area contributed by atoms with Crippen LogP contribution in [0.15, 0.2) is 23.0 Å². The summed E-state index contributed by atoms with van der Waals surface area (Å²) in [5.41, 5.74) is 1.20. The molecule has 1 aliphatic heterocycles. The summed E-state index contributed by atoms with van der Waals surface area (Å²) < 4.78 is 10.4. The number of ether oxygens (including phenoxy) is 1. The van der Waals surface area contributed by atoms with Crippen LogP contribution in [-0.2, 0) is 11.3 Å². The Hall–Kier alpha value is -0.840. The Morgan fingerprint density at radius 3 is 3.27 bits per heavy atom. The molecule has 1 aromatic heterocycles. The summed E-state index contributed by atoms with van der Waals surface area (Å²) in [6.45, 7) is 4.55. The standard InChI is InChI=1S/C11H18N2O2/c1(11-9-15-6-4-13-11)3-12-7-10-2-5-14-8-10/h2,5,8,11-13H,1,3-4,6-7,9H2. The highest BCUT2D eigenvalue weighted by atomic mass is 16.5. The van der Waals surface area contributed by atoms with Crippen molar-refractivity contribution >= 4 is 0 Å². The van der Waals surface area contributed by atoms with Crippen molar-refractivity contribution in [1.82, 2.24) is 10.6 Å². The molecule has 0 bridgehead atoms. The van der Waals surface area contributed by atoms with E-state index in [1.54, 1.807) is 12.5 Å². The van der Waals surface area contributed by atoms with Crippen LogP contribution in [0.25, 0.3) is 0 Å². The minimum absolute atomic E-state index is 0.510. The van der Waals surface area contributed by atoms with Crippen LogP contribution in [0.4, 0.5) is 0 Å².